The Balaban J connectivity index is 3.90. The minimum absolute atomic E-state index is 0.154. The zero-order valence-corrected chi connectivity index (χ0v) is 60.9. The van der Waals surface area contributed by atoms with Gasteiger partial charge in [-0.2, -0.15) is 0 Å². The molecule has 530 valence electrons. The van der Waals surface area contributed by atoms with Crippen molar-refractivity contribution in [1.82, 2.24) is 0 Å². The first-order valence-corrected chi connectivity index (χ1v) is 40.2. The average Bonchev–Trinajstić information content (AvgIpc) is 3.63. The summed E-state index contributed by atoms with van der Waals surface area (Å²) in [5.41, 5.74) is 0. The molecule has 0 radical (unpaired) electrons. The third-order valence-corrected chi connectivity index (χ3v) is 18.9. The van der Waals surface area contributed by atoms with Gasteiger partial charge in [-0.05, 0) is 12.8 Å². The molecule has 0 spiro atoms. The molecule has 0 aliphatic carbocycles. The summed E-state index contributed by atoms with van der Waals surface area (Å²) in [6.07, 6.45) is 85.3. The summed E-state index contributed by atoms with van der Waals surface area (Å²) in [6, 6.07) is 0. The lowest BCUT2D eigenvalue weighted by Gasteiger charge is -2.26. The topological polar surface area (TPSA) is 111 Å². The van der Waals surface area contributed by atoms with Crippen LogP contribution in [-0.2, 0) is 33.3 Å². The molecule has 0 aromatic rings. The third-order valence-electron chi connectivity index (χ3n) is 18.9. The predicted octanol–water partition coefficient (Wildman–Crippen LogP) is 24.0. The maximum absolute atomic E-state index is 13.0. The molecular weight excluding hydrogens is 1100 g/mol. The van der Waals surface area contributed by atoms with E-state index in [1.807, 2.05) is 21.1 Å². The largest absolute Gasteiger partial charge is 0.545 e. The molecule has 0 amide bonds. The summed E-state index contributed by atoms with van der Waals surface area (Å²) >= 11 is 0. The van der Waals surface area contributed by atoms with Crippen LogP contribution in [0.1, 0.15) is 438 Å². The Morgan fingerprint density at radius 3 is 0.719 bits per heavy atom. The van der Waals surface area contributed by atoms with Crippen molar-refractivity contribution < 1.29 is 42.9 Å². The van der Waals surface area contributed by atoms with Crippen LogP contribution in [0.5, 0.6) is 0 Å². The highest BCUT2D eigenvalue weighted by molar-refractivity contribution is 5.70. The van der Waals surface area contributed by atoms with Crippen LogP contribution in [0.2, 0.25) is 0 Å². The quantitative estimate of drug-likeness (QED) is 0.0256. The SMILES string of the molecule is CCCCCCCCCCCCCCCCCCCCCCCCCCCCCCCCCCCCCCCCCCC(=O)OC(COC(=O)CCCCCCCCCCCCCCCCCCCCCCCCCC)COC(OCC[N+](C)(C)C)C(=O)[O-]. The van der Waals surface area contributed by atoms with E-state index < -0.39 is 24.3 Å². The van der Waals surface area contributed by atoms with E-state index in [0.29, 0.717) is 17.4 Å². The van der Waals surface area contributed by atoms with Gasteiger partial charge < -0.3 is 33.3 Å². The van der Waals surface area contributed by atoms with Gasteiger partial charge in [-0.1, -0.05) is 412 Å². The maximum atomic E-state index is 13.0. The summed E-state index contributed by atoms with van der Waals surface area (Å²) in [5, 5.41) is 11.8. The molecule has 0 fully saturated rings. The first-order valence-electron chi connectivity index (χ1n) is 40.2. The molecule has 89 heavy (non-hydrogen) atoms. The lowest BCUT2D eigenvalue weighted by molar-refractivity contribution is -0.870. The summed E-state index contributed by atoms with van der Waals surface area (Å²) in [6.45, 7) is 4.85. The first kappa shape index (κ1) is 87.3. The van der Waals surface area contributed by atoms with Gasteiger partial charge in [0.15, 0.2) is 12.4 Å². The van der Waals surface area contributed by atoms with Crippen LogP contribution in [0.25, 0.3) is 0 Å². The van der Waals surface area contributed by atoms with Crippen molar-refractivity contribution in [2.24, 2.45) is 0 Å². The summed E-state index contributed by atoms with van der Waals surface area (Å²) in [5.74, 6) is -2.24. The second-order valence-electron chi connectivity index (χ2n) is 29.1. The number of nitrogens with zero attached hydrogens (tertiary/aromatic N) is 1. The Morgan fingerprint density at radius 2 is 0.506 bits per heavy atom. The van der Waals surface area contributed by atoms with Gasteiger partial charge >= 0.3 is 11.9 Å². The van der Waals surface area contributed by atoms with E-state index in [1.165, 1.54) is 372 Å². The zero-order chi connectivity index (χ0) is 64.7. The fraction of sp³-hybridized carbons (Fsp3) is 0.963. The maximum Gasteiger partial charge on any atom is 0.306 e. The van der Waals surface area contributed by atoms with Gasteiger partial charge in [0.1, 0.15) is 13.2 Å². The highest BCUT2D eigenvalue weighted by atomic mass is 16.7. The highest BCUT2D eigenvalue weighted by Gasteiger charge is 2.22. The number of aliphatic carboxylic acids is 1. The number of esters is 2. The number of quaternary nitrogens is 1. The van der Waals surface area contributed by atoms with E-state index in [-0.39, 0.29) is 32.2 Å². The van der Waals surface area contributed by atoms with Crippen molar-refractivity contribution in [3.8, 4) is 0 Å². The van der Waals surface area contributed by atoms with E-state index in [2.05, 4.69) is 13.8 Å². The number of unbranched alkanes of at least 4 members (excludes halogenated alkanes) is 62. The second-order valence-corrected chi connectivity index (χ2v) is 29.1. The Bertz CT molecular complexity index is 1420. The predicted molar refractivity (Wildman–Crippen MR) is 381 cm³/mol. The number of likely N-dealkylation sites (N-methyl/N-ethyl adjacent to an activating group) is 1. The first-order chi connectivity index (χ1) is 43.6. The van der Waals surface area contributed by atoms with E-state index in [4.69, 9.17) is 18.9 Å². The summed E-state index contributed by atoms with van der Waals surface area (Å²) < 4.78 is 22.9. The minimum atomic E-state index is -1.62. The number of carboxylic acids is 1. The van der Waals surface area contributed by atoms with Gasteiger partial charge in [-0.15, -0.1) is 0 Å². The Hall–Kier alpha value is -1.71. The summed E-state index contributed by atoms with van der Waals surface area (Å²) in [7, 11) is 5.96. The van der Waals surface area contributed by atoms with Gasteiger partial charge in [0.05, 0.1) is 40.3 Å². The zero-order valence-electron chi connectivity index (χ0n) is 60.9. The Morgan fingerprint density at radius 1 is 0.292 bits per heavy atom. The number of ether oxygens (including phenoxy) is 4. The molecule has 0 saturated heterocycles. The minimum Gasteiger partial charge on any atom is -0.545 e. The van der Waals surface area contributed by atoms with Crippen molar-refractivity contribution in [3.05, 3.63) is 0 Å². The van der Waals surface area contributed by atoms with Gasteiger partial charge in [-0.3, -0.25) is 9.59 Å². The smallest absolute Gasteiger partial charge is 0.306 e. The van der Waals surface area contributed by atoms with E-state index in [1.54, 1.807) is 0 Å². The molecule has 0 aliphatic heterocycles. The normalized spacial score (nSPS) is 12.5. The van der Waals surface area contributed by atoms with Crippen LogP contribution in [-0.4, -0.2) is 82.3 Å². The van der Waals surface area contributed by atoms with Crippen molar-refractivity contribution in [2.75, 3.05) is 47.5 Å². The number of hydrogen-bond donors (Lipinski definition) is 0. The van der Waals surface area contributed by atoms with Crippen LogP contribution in [0.3, 0.4) is 0 Å². The van der Waals surface area contributed by atoms with Crippen molar-refractivity contribution in [3.63, 3.8) is 0 Å². The number of carbonyl (C=O) groups is 3. The molecule has 0 saturated carbocycles. The molecule has 0 aromatic heterocycles. The van der Waals surface area contributed by atoms with Gasteiger partial charge in [0, 0.05) is 12.8 Å². The molecule has 0 heterocycles. The van der Waals surface area contributed by atoms with Crippen LogP contribution >= 0.6 is 0 Å². The van der Waals surface area contributed by atoms with Crippen molar-refractivity contribution >= 4 is 17.9 Å². The van der Waals surface area contributed by atoms with E-state index in [9.17, 15) is 19.5 Å². The van der Waals surface area contributed by atoms with Crippen LogP contribution in [0.15, 0.2) is 0 Å². The number of rotatable bonds is 77. The van der Waals surface area contributed by atoms with E-state index >= 15 is 0 Å². The summed E-state index contributed by atoms with van der Waals surface area (Å²) in [4.78, 5) is 37.6. The number of hydrogen-bond acceptors (Lipinski definition) is 8. The highest BCUT2D eigenvalue weighted by Crippen LogP contribution is 2.21. The average molecular weight is 1260 g/mol. The Kier molecular flexibility index (Phi) is 70.7. The lowest BCUT2D eigenvalue weighted by atomic mass is 10.0. The van der Waals surface area contributed by atoms with Crippen LogP contribution in [0, 0.1) is 0 Å². The van der Waals surface area contributed by atoms with Crippen LogP contribution < -0.4 is 5.11 Å². The Labute approximate surface area is 555 Å². The molecule has 0 bridgehead atoms. The van der Waals surface area contributed by atoms with Gasteiger partial charge in [0.25, 0.3) is 0 Å². The molecule has 2 unspecified atom stereocenters. The molecule has 9 heteroatoms. The van der Waals surface area contributed by atoms with Crippen LogP contribution in [0.4, 0.5) is 0 Å². The monoisotopic (exact) mass is 1260 g/mol. The van der Waals surface area contributed by atoms with Crippen molar-refractivity contribution in [1.29, 1.82) is 0 Å². The number of carbonyl (C=O) groups excluding carboxylic acids is 3. The molecule has 0 rings (SSSR count). The molecule has 0 aliphatic rings. The molecule has 9 nitrogen and oxygen atoms in total. The molecular formula is C80H157NO8. The van der Waals surface area contributed by atoms with Crippen molar-refractivity contribution in [2.45, 2.75) is 450 Å². The fourth-order valence-corrected chi connectivity index (χ4v) is 12.7. The molecule has 0 aromatic carbocycles. The third kappa shape index (κ3) is 73.6. The fourth-order valence-electron chi connectivity index (χ4n) is 12.7. The van der Waals surface area contributed by atoms with Gasteiger partial charge in [0.2, 0.25) is 0 Å². The standard InChI is InChI=1S/C80H157NO8/c1-6-8-10-12-14-16-18-20-22-24-26-28-30-32-33-34-35-36-37-38-39-40-41-42-43-44-45-46-47-49-51-53-55-57-59-61-63-65-67-69-71-78(83)89-76(75-88-80(79(84)85)86-73-72-81(3,4)5)74-87-77(82)70-68-66-64-62-60-58-56-54-52-50-48-31-29-27-25-23-21-19-17-15-13-11-9-7-2/h76,80H,6-75H2,1-5H3. The second kappa shape index (κ2) is 72.1. The molecule has 0 N–H and O–H groups in total. The molecule has 2 atom stereocenters. The number of carboxylic acid groups (broad SMARTS) is 1. The lowest BCUT2D eigenvalue weighted by Crippen LogP contribution is -2.44. The van der Waals surface area contributed by atoms with Gasteiger partial charge in [-0.25, -0.2) is 0 Å². The van der Waals surface area contributed by atoms with E-state index in [0.717, 1.165) is 38.5 Å².